The molecule has 1 atom stereocenters. The summed E-state index contributed by atoms with van der Waals surface area (Å²) in [5.41, 5.74) is 1.62. The Balaban J connectivity index is 2.84. The summed E-state index contributed by atoms with van der Waals surface area (Å²) in [4.78, 5) is 0. The molecule has 0 saturated carbocycles. The Morgan fingerprint density at radius 2 is 2.00 bits per heavy atom. The van der Waals surface area contributed by atoms with Crippen molar-refractivity contribution in [3.8, 4) is 0 Å². The van der Waals surface area contributed by atoms with Crippen LogP contribution in [0.1, 0.15) is 18.3 Å². The first-order valence-corrected chi connectivity index (χ1v) is 5.86. The summed E-state index contributed by atoms with van der Waals surface area (Å²) in [6, 6.07) is 0. The van der Waals surface area contributed by atoms with E-state index >= 15 is 0 Å². The number of methoxy groups -OCH3 is 2. The summed E-state index contributed by atoms with van der Waals surface area (Å²) in [5.74, 6) is 0. The molecule has 1 unspecified atom stereocenters. The lowest BCUT2D eigenvalue weighted by Crippen LogP contribution is -2.32. The smallest absolute Gasteiger partial charge is 0.183 e. The van der Waals surface area contributed by atoms with Crippen LogP contribution in [0.5, 0.6) is 0 Å². The Kier molecular flexibility index (Phi) is 5.39. The summed E-state index contributed by atoms with van der Waals surface area (Å²) in [5, 5.41) is 14.8. The number of aromatic nitrogens is 2. The fraction of sp³-hybridized carbons (Fsp3) is 0.727. The van der Waals surface area contributed by atoms with Crippen LogP contribution in [0.2, 0.25) is 5.02 Å². The molecule has 0 amide bonds. The quantitative estimate of drug-likeness (QED) is 0.782. The van der Waals surface area contributed by atoms with Crippen LogP contribution in [-0.2, 0) is 29.4 Å². The lowest BCUT2D eigenvalue weighted by Gasteiger charge is -2.19. The fourth-order valence-electron chi connectivity index (χ4n) is 1.75. The maximum atomic E-state index is 9.94. The largest absolute Gasteiger partial charge is 0.387 e. The van der Waals surface area contributed by atoms with Gasteiger partial charge in [0.2, 0.25) is 0 Å². The molecule has 0 spiro atoms. The van der Waals surface area contributed by atoms with E-state index in [0.717, 1.165) is 17.8 Å². The minimum absolute atomic E-state index is 0.342. The van der Waals surface area contributed by atoms with E-state index in [-0.39, 0.29) is 0 Å². The summed E-state index contributed by atoms with van der Waals surface area (Å²) in [6.07, 6.45) is -0.330. The number of aliphatic hydroxyl groups is 1. The number of hydrogen-bond acceptors (Lipinski definition) is 4. The summed E-state index contributed by atoms with van der Waals surface area (Å²) >= 11 is 6.19. The van der Waals surface area contributed by atoms with Crippen LogP contribution in [0.3, 0.4) is 0 Å². The number of rotatable bonds is 6. The van der Waals surface area contributed by atoms with Crippen LogP contribution in [0.25, 0.3) is 0 Å². The average Bonchev–Trinajstić information content (AvgIpc) is 2.58. The van der Waals surface area contributed by atoms with E-state index in [1.54, 1.807) is 4.68 Å². The van der Waals surface area contributed by atoms with Gasteiger partial charge in [-0.2, -0.15) is 5.10 Å². The third kappa shape index (κ3) is 3.19. The normalized spacial score (nSPS) is 13.4. The van der Waals surface area contributed by atoms with Crippen molar-refractivity contribution in [1.82, 2.24) is 9.78 Å². The highest BCUT2D eigenvalue weighted by molar-refractivity contribution is 6.31. The number of aliphatic hydroxyl groups excluding tert-OH is 1. The molecule has 0 saturated heterocycles. The minimum Gasteiger partial charge on any atom is -0.387 e. The zero-order chi connectivity index (χ0) is 13.0. The molecule has 1 heterocycles. The van der Waals surface area contributed by atoms with Crippen molar-refractivity contribution in [2.24, 2.45) is 7.05 Å². The molecular formula is C11H19ClN2O3. The Morgan fingerprint density at radius 1 is 1.41 bits per heavy atom. The van der Waals surface area contributed by atoms with Gasteiger partial charge in [-0.25, -0.2) is 0 Å². The van der Waals surface area contributed by atoms with Crippen molar-refractivity contribution in [3.63, 3.8) is 0 Å². The second-order valence-electron chi connectivity index (χ2n) is 3.80. The molecule has 6 heteroatoms. The maximum absolute atomic E-state index is 9.94. The molecule has 1 aromatic rings. The van der Waals surface area contributed by atoms with E-state index in [9.17, 15) is 5.11 Å². The average molecular weight is 263 g/mol. The van der Waals surface area contributed by atoms with Gasteiger partial charge in [0, 0.05) is 27.7 Å². The van der Waals surface area contributed by atoms with Crippen molar-refractivity contribution in [1.29, 1.82) is 0 Å². The number of nitrogens with zero attached hydrogens (tertiary/aromatic N) is 2. The lowest BCUT2D eigenvalue weighted by atomic mass is 10.1. The molecule has 1 rings (SSSR count). The molecule has 0 bridgehead atoms. The van der Waals surface area contributed by atoms with Gasteiger partial charge in [0.15, 0.2) is 6.29 Å². The van der Waals surface area contributed by atoms with Gasteiger partial charge in [0.25, 0.3) is 0 Å². The molecule has 1 aromatic heterocycles. The molecule has 17 heavy (non-hydrogen) atoms. The highest BCUT2D eigenvalue weighted by atomic mass is 35.5. The van der Waals surface area contributed by atoms with Gasteiger partial charge in [-0.15, -0.1) is 0 Å². The Bertz CT molecular complexity index is 364. The van der Waals surface area contributed by atoms with Crippen LogP contribution in [0.4, 0.5) is 0 Å². The van der Waals surface area contributed by atoms with Crippen LogP contribution in [0, 0.1) is 0 Å². The molecule has 1 N–H and O–H groups in total. The summed E-state index contributed by atoms with van der Waals surface area (Å²) in [6.45, 7) is 1.99. The standard InChI is InChI=1S/C11H19ClN2O3/c1-5-7-10(12)8(14(2)13-7)6-9(15)11(16-3)17-4/h9,11,15H,5-6H2,1-4H3. The predicted octanol–water partition coefficient (Wildman–Crippen LogP) is 1.16. The van der Waals surface area contributed by atoms with E-state index in [2.05, 4.69) is 5.10 Å². The SMILES string of the molecule is CCc1nn(C)c(CC(O)C(OC)OC)c1Cl. The highest BCUT2D eigenvalue weighted by Gasteiger charge is 2.22. The van der Waals surface area contributed by atoms with E-state index in [0.29, 0.717) is 11.4 Å². The molecule has 98 valence electrons. The summed E-state index contributed by atoms with van der Waals surface area (Å²) < 4.78 is 11.7. The highest BCUT2D eigenvalue weighted by Crippen LogP contribution is 2.22. The van der Waals surface area contributed by atoms with E-state index in [1.807, 2.05) is 14.0 Å². The zero-order valence-electron chi connectivity index (χ0n) is 10.6. The van der Waals surface area contributed by atoms with Gasteiger partial charge in [-0.1, -0.05) is 18.5 Å². The monoisotopic (exact) mass is 262 g/mol. The topological polar surface area (TPSA) is 56.5 Å². The third-order valence-electron chi connectivity index (χ3n) is 2.68. The number of aryl methyl sites for hydroxylation is 2. The zero-order valence-corrected chi connectivity index (χ0v) is 11.4. The molecule has 0 aliphatic rings. The van der Waals surface area contributed by atoms with Crippen molar-refractivity contribution in [2.45, 2.75) is 32.2 Å². The summed E-state index contributed by atoms with van der Waals surface area (Å²) in [7, 11) is 4.78. The molecule has 0 aliphatic carbocycles. The molecular weight excluding hydrogens is 244 g/mol. The number of hydrogen-bond donors (Lipinski definition) is 1. The van der Waals surface area contributed by atoms with Crippen LogP contribution in [0.15, 0.2) is 0 Å². The first-order valence-electron chi connectivity index (χ1n) is 5.49. The Labute approximate surface area is 106 Å². The Morgan fingerprint density at radius 3 is 2.41 bits per heavy atom. The fourth-order valence-corrected chi connectivity index (χ4v) is 2.12. The van der Waals surface area contributed by atoms with Gasteiger partial charge < -0.3 is 14.6 Å². The third-order valence-corrected chi connectivity index (χ3v) is 3.12. The van der Waals surface area contributed by atoms with Crippen LogP contribution in [-0.4, -0.2) is 41.5 Å². The first kappa shape index (κ1) is 14.4. The number of halogens is 1. The van der Waals surface area contributed by atoms with Gasteiger partial charge in [-0.05, 0) is 6.42 Å². The van der Waals surface area contributed by atoms with Gasteiger partial charge in [0.05, 0.1) is 16.4 Å². The Hall–Kier alpha value is -0.620. The van der Waals surface area contributed by atoms with Crippen LogP contribution < -0.4 is 0 Å². The van der Waals surface area contributed by atoms with Crippen molar-refractivity contribution >= 4 is 11.6 Å². The molecule has 0 aliphatic heterocycles. The van der Waals surface area contributed by atoms with E-state index in [1.165, 1.54) is 14.2 Å². The minimum atomic E-state index is -0.775. The molecule has 0 fully saturated rings. The number of ether oxygens (including phenoxy) is 2. The predicted molar refractivity (Wildman–Crippen MR) is 65.1 cm³/mol. The first-order chi connectivity index (χ1) is 8.04. The second-order valence-corrected chi connectivity index (χ2v) is 4.17. The van der Waals surface area contributed by atoms with Crippen molar-refractivity contribution in [3.05, 3.63) is 16.4 Å². The van der Waals surface area contributed by atoms with E-state index < -0.39 is 12.4 Å². The van der Waals surface area contributed by atoms with Crippen molar-refractivity contribution in [2.75, 3.05) is 14.2 Å². The van der Waals surface area contributed by atoms with Crippen molar-refractivity contribution < 1.29 is 14.6 Å². The molecule has 5 nitrogen and oxygen atoms in total. The van der Waals surface area contributed by atoms with Gasteiger partial charge in [0.1, 0.15) is 6.10 Å². The second kappa shape index (κ2) is 6.35. The maximum Gasteiger partial charge on any atom is 0.183 e. The van der Waals surface area contributed by atoms with Crippen LogP contribution >= 0.6 is 11.6 Å². The van der Waals surface area contributed by atoms with Gasteiger partial charge >= 0.3 is 0 Å². The lowest BCUT2D eigenvalue weighted by molar-refractivity contribution is -0.163. The molecule has 0 radical (unpaired) electrons. The molecule has 0 aromatic carbocycles. The van der Waals surface area contributed by atoms with E-state index in [4.69, 9.17) is 21.1 Å². The van der Waals surface area contributed by atoms with Gasteiger partial charge in [-0.3, -0.25) is 4.68 Å².